The van der Waals surface area contributed by atoms with Gasteiger partial charge in [0.15, 0.2) is 0 Å². The zero-order chi connectivity index (χ0) is 12.0. The summed E-state index contributed by atoms with van der Waals surface area (Å²) in [5, 5.41) is 0. The average molecular weight is 220 g/mol. The SMILES string of the molecule is C=COC(=C)C1CCCCC1C(=C)OC=C. The average Bonchev–Trinajstić information content (AvgIpc) is 2.30. The minimum absolute atomic E-state index is 0.277. The molecule has 0 aromatic heterocycles. The number of rotatable bonds is 6. The summed E-state index contributed by atoms with van der Waals surface area (Å²) in [7, 11) is 0. The summed E-state index contributed by atoms with van der Waals surface area (Å²) in [6.45, 7) is 15.0. The van der Waals surface area contributed by atoms with Crippen molar-refractivity contribution in [2.45, 2.75) is 25.7 Å². The van der Waals surface area contributed by atoms with Crippen LogP contribution in [-0.4, -0.2) is 0 Å². The highest BCUT2D eigenvalue weighted by Crippen LogP contribution is 2.39. The van der Waals surface area contributed by atoms with Gasteiger partial charge >= 0.3 is 0 Å². The Balaban J connectivity index is 2.69. The minimum Gasteiger partial charge on any atom is -0.470 e. The molecule has 0 saturated heterocycles. The van der Waals surface area contributed by atoms with Crippen LogP contribution in [0.4, 0.5) is 0 Å². The zero-order valence-corrected chi connectivity index (χ0v) is 9.78. The molecule has 0 aliphatic heterocycles. The molecule has 16 heavy (non-hydrogen) atoms. The lowest BCUT2D eigenvalue weighted by Gasteiger charge is -2.32. The van der Waals surface area contributed by atoms with Gasteiger partial charge in [-0.25, -0.2) is 0 Å². The Morgan fingerprint density at radius 2 is 1.25 bits per heavy atom. The van der Waals surface area contributed by atoms with Crippen molar-refractivity contribution in [3.63, 3.8) is 0 Å². The Morgan fingerprint density at radius 3 is 1.56 bits per heavy atom. The summed E-state index contributed by atoms with van der Waals surface area (Å²) < 4.78 is 10.6. The third-order valence-corrected chi connectivity index (χ3v) is 3.06. The van der Waals surface area contributed by atoms with Gasteiger partial charge in [-0.1, -0.05) is 39.2 Å². The summed E-state index contributed by atoms with van der Waals surface area (Å²) in [4.78, 5) is 0. The third kappa shape index (κ3) is 3.02. The highest BCUT2D eigenvalue weighted by Gasteiger charge is 2.31. The fraction of sp³-hybridized carbons (Fsp3) is 0.429. The van der Waals surface area contributed by atoms with Crippen molar-refractivity contribution in [3.05, 3.63) is 50.4 Å². The first-order valence-electron chi connectivity index (χ1n) is 5.63. The van der Waals surface area contributed by atoms with Crippen molar-refractivity contribution >= 4 is 0 Å². The molecule has 0 radical (unpaired) electrons. The van der Waals surface area contributed by atoms with Gasteiger partial charge in [0.1, 0.15) is 0 Å². The molecule has 0 bridgehead atoms. The summed E-state index contributed by atoms with van der Waals surface area (Å²) in [5.74, 6) is 2.07. The Kier molecular flexibility index (Phi) is 4.90. The van der Waals surface area contributed by atoms with Gasteiger partial charge in [0.05, 0.1) is 24.0 Å². The summed E-state index contributed by atoms with van der Waals surface area (Å²) in [6, 6.07) is 0. The van der Waals surface area contributed by atoms with Crippen LogP contribution in [0.15, 0.2) is 50.4 Å². The molecule has 0 amide bonds. The maximum Gasteiger partial charge on any atom is 0.0998 e. The Labute approximate surface area is 97.9 Å². The van der Waals surface area contributed by atoms with E-state index < -0.39 is 0 Å². The molecule has 2 heteroatoms. The van der Waals surface area contributed by atoms with E-state index >= 15 is 0 Å². The molecule has 1 aliphatic rings. The second kappa shape index (κ2) is 6.21. The van der Waals surface area contributed by atoms with Gasteiger partial charge in [0, 0.05) is 11.8 Å². The second-order valence-corrected chi connectivity index (χ2v) is 4.00. The van der Waals surface area contributed by atoms with E-state index in [0.717, 1.165) is 24.4 Å². The number of hydrogen-bond acceptors (Lipinski definition) is 2. The van der Waals surface area contributed by atoms with Crippen molar-refractivity contribution in [1.82, 2.24) is 0 Å². The van der Waals surface area contributed by atoms with Gasteiger partial charge < -0.3 is 9.47 Å². The molecule has 0 heterocycles. The maximum atomic E-state index is 5.29. The molecule has 0 aromatic carbocycles. The smallest absolute Gasteiger partial charge is 0.0998 e. The molecular weight excluding hydrogens is 200 g/mol. The first kappa shape index (κ1) is 12.6. The molecule has 2 unspecified atom stereocenters. The normalized spacial score (nSPS) is 24.2. The lowest BCUT2D eigenvalue weighted by atomic mass is 9.77. The lowest BCUT2D eigenvalue weighted by Crippen LogP contribution is -2.23. The van der Waals surface area contributed by atoms with E-state index in [0.29, 0.717) is 0 Å². The van der Waals surface area contributed by atoms with Crippen LogP contribution in [0.5, 0.6) is 0 Å². The van der Waals surface area contributed by atoms with Crippen LogP contribution in [0.1, 0.15) is 25.7 Å². The number of allylic oxidation sites excluding steroid dienone is 2. The van der Waals surface area contributed by atoms with Crippen molar-refractivity contribution in [2.75, 3.05) is 0 Å². The maximum absolute atomic E-state index is 5.29. The molecule has 1 fully saturated rings. The van der Waals surface area contributed by atoms with E-state index in [1.807, 2.05) is 0 Å². The summed E-state index contributed by atoms with van der Waals surface area (Å²) in [6.07, 6.45) is 7.37. The molecule has 1 aliphatic carbocycles. The molecule has 2 nitrogen and oxygen atoms in total. The fourth-order valence-corrected chi connectivity index (χ4v) is 2.29. The van der Waals surface area contributed by atoms with E-state index in [9.17, 15) is 0 Å². The number of hydrogen-bond donors (Lipinski definition) is 0. The summed E-state index contributed by atoms with van der Waals surface area (Å²) in [5.41, 5.74) is 0. The van der Waals surface area contributed by atoms with Crippen molar-refractivity contribution < 1.29 is 9.47 Å². The quantitative estimate of drug-likeness (QED) is 0.626. The van der Waals surface area contributed by atoms with Crippen LogP contribution >= 0.6 is 0 Å². The van der Waals surface area contributed by atoms with Crippen LogP contribution in [0.25, 0.3) is 0 Å². The second-order valence-electron chi connectivity index (χ2n) is 4.00. The monoisotopic (exact) mass is 220 g/mol. The van der Waals surface area contributed by atoms with Gasteiger partial charge in [-0.15, -0.1) is 0 Å². The van der Waals surface area contributed by atoms with Gasteiger partial charge in [-0.2, -0.15) is 0 Å². The molecule has 0 N–H and O–H groups in total. The molecule has 0 aromatic rings. The van der Waals surface area contributed by atoms with E-state index in [1.54, 1.807) is 0 Å². The van der Waals surface area contributed by atoms with Crippen LogP contribution in [0, 0.1) is 11.8 Å². The lowest BCUT2D eigenvalue weighted by molar-refractivity contribution is 0.165. The van der Waals surface area contributed by atoms with E-state index in [-0.39, 0.29) is 11.8 Å². The van der Waals surface area contributed by atoms with E-state index in [2.05, 4.69) is 26.3 Å². The van der Waals surface area contributed by atoms with Crippen LogP contribution < -0.4 is 0 Å². The van der Waals surface area contributed by atoms with Crippen molar-refractivity contribution in [1.29, 1.82) is 0 Å². The Hall–Kier alpha value is -1.44. The fourth-order valence-electron chi connectivity index (χ4n) is 2.29. The van der Waals surface area contributed by atoms with Gasteiger partial charge in [-0.3, -0.25) is 0 Å². The summed E-state index contributed by atoms with van der Waals surface area (Å²) >= 11 is 0. The Bertz CT molecular complexity index is 261. The first-order chi connectivity index (χ1) is 7.70. The van der Waals surface area contributed by atoms with Crippen LogP contribution in [0.3, 0.4) is 0 Å². The third-order valence-electron chi connectivity index (χ3n) is 3.06. The highest BCUT2D eigenvalue weighted by atomic mass is 16.5. The van der Waals surface area contributed by atoms with E-state index in [4.69, 9.17) is 9.47 Å². The highest BCUT2D eigenvalue weighted by molar-refractivity contribution is 5.07. The van der Waals surface area contributed by atoms with Crippen LogP contribution in [-0.2, 0) is 9.47 Å². The molecule has 0 spiro atoms. The predicted octanol–water partition coefficient (Wildman–Crippen LogP) is 4.14. The number of ether oxygens (including phenoxy) is 2. The standard InChI is InChI=1S/C14H20O2/c1-5-15-11(3)13-9-7-8-10-14(13)12(4)16-6-2/h5-6,13-14H,1-4,7-10H2. The van der Waals surface area contributed by atoms with Gasteiger partial charge in [0.25, 0.3) is 0 Å². The Morgan fingerprint density at radius 1 is 0.875 bits per heavy atom. The van der Waals surface area contributed by atoms with Crippen molar-refractivity contribution in [3.8, 4) is 0 Å². The van der Waals surface area contributed by atoms with Gasteiger partial charge in [-0.05, 0) is 12.8 Å². The van der Waals surface area contributed by atoms with Gasteiger partial charge in [0.2, 0.25) is 0 Å². The zero-order valence-electron chi connectivity index (χ0n) is 9.78. The topological polar surface area (TPSA) is 18.5 Å². The molecule has 88 valence electrons. The minimum atomic E-state index is 0.277. The van der Waals surface area contributed by atoms with Crippen molar-refractivity contribution in [2.24, 2.45) is 11.8 Å². The first-order valence-corrected chi connectivity index (χ1v) is 5.63. The molecule has 1 saturated carbocycles. The largest absolute Gasteiger partial charge is 0.470 e. The molecular formula is C14H20O2. The van der Waals surface area contributed by atoms with Crippen LogP contribution in [0.2, 0.25) is 0 Å². The van der Waals surface area contributed by atoms with E-state index in [1.165, 1.54) is 25.4 Å². The predicted molar refractivity (Wildman–Crippen MR) is 66.3 cm³/mol. The molecule has 1 rings (SSSR count). The molecule has 2 atom stereocenters.